The molecule has 2 rings (SSSR count). The number of methoxy groups -OCH3 is 1. The van der Waals surface area contributed by atoms with Crippen LogP contribution in [-0.2, 0) is 4.74 Å². The zero-order valence-corrected chi connectivity index (χ0v) is 7.23. The van der Waals surface area contributed by atoms with E-state index in [0.29, 0.717) is 5.41 Å². The van der Waals surface area contributed by atoms with Gasteiger partial charge >= 0.3 is 0 Å². The first-order chi connectivity index (χ1) is 5.24. The van der Waals surface area contributed by atoms with Gasteiger partial charge in [-0.05, 0) is 31.1 Å². The zero-order valence-electron chi connectivity index (χ0n) is 7.23. The van der Waals surface area contributed by atoms with Gasteiger partial charge in [-0.3, -0.25) is 0 Å². The summed E-state index contributed by atoms with van der Waals surface area (Å²) in [4.78, 5) is 0. The van der Waals surface area contributed by atoms with Crippen molar-refractivity contribution in [3.8, 4) is 0 Å². The summed E-state index contributed by atoms with van der Waals surface area (Å²) in [5, 5.41) is 0. The fraction of sp³-hybridized carbons (Fsp3) is 1.00. The van der Waals surface area contributed by atoms with E-state index in [4.69, 9.17) is 10.5 Å². The fourth-order valence-electron chi connectivity index (χ4n) is 2.68. The Hall–Kier alpha value is -0.0800. The van der Waals surface area contributed by atoms with Crippen molar-refractivity contribution in [3.05, 3.63) is 0 Å². The van der Waals surface area contributed by atoms with Crippen molar-refractivity contribution < 1.29 is 4.74 Å². The van der Waals surface area contributed by atoms with Gasteiger partial charge in [0.25, 0.3) is 0 Å². The fourth-order valence-corrected chi connectivity index (χ4v) is 2.68. The first kappa shape index (κ1) is 7.56. The molecule has 2 aliphatic carbocycles. The SMILES string of the molecule is COCC1(CN)CC2(CC2)C1. The highest BCUT2D eigenvalue weighted by molar-refractivity contribution is 5.11. The van der Waals surface area contributed by atoms with Crippen LogP contribution in [0.2, 0.25) is 0 Å². The van der Waals surface area contributed by atoms with E-state index >= 15 is 0 Å². The minimum Gasteiger partial charge on any atom is -0.384 e. The van der Waals surface area contributed by atoms with Crippen LogP contribution in [0.4, 0.5) is 0 Å². The molecule has 2 fully saturated rings. The Kier molecular flexibility index (Phi) is 1.52. The Morgan fingerprint density at radius 3 is 2.36 bits per heavy atom. The lowest BCUT2D eigenvalue weighted by Gasteiger charge is -2.47. The van der Waals surface area contributed by atoms with Crippen LogP contribution in [0.3, 0.4) is 0 Å². The summed E-state index contributed by atoms with van der Waals surface area (Å²) in [5.74, 6) is 0. The minimum atomic E-state index is 0.366. The summed E-state index contributed by atoms with van der Waals surface area (Å²) >= 11 is 0. The van der Waals surface area contributed by atoms with Gasteiger partial charge in [0.1, 0.15) is 0 Å². The van der Waals surface area contributed by atoms with Crippen molar-refractivity contribution in [1.29, 1.82) is 0 Å². The molecule has 2 N–H and O–H groups in total. The molecule has 0 amide bonds. The first-order valence-electron chi connectivity index (χ1n) is 4.43. The van der Waals surface area contributed by atoms with E-state index in [0.717, 1.165) is 18.6 Å². The van der Waals surface area contributed by atoms with Crippen LogP contribution < -0.4 is 5.73 Å². The molecule has 64 valence electrons. The summed E-state index contributed by atoms with van der Waals surface area (Å²) in [6, 6.07) is 0. The molecule has 2 nitrogen and oxygen atoms in total. The molecule has 0 radical (unpaired) electrons. The quantitative estimate of drug-likeness (QED) is 0.663. The van der Waals surface area contributed by atoms with Crippen molar-refractivity contribution in [2.75, 3.05) is 20.3 Å². The lowest BCUT2D eigenvalue weighted by Crippen LogP contribution is -2.47. The van der Waals surface area contributed by atoms with Crippen LogP contribution in [0.15, 0.2) is 0 Å². The Morgan fingerprint density at radius 2 is 2.00 bits per heavy atom. The number of hydrogen-bond donors (Lipinski definition) is 1. The molecule has 0 aliphatic heterocycles. The molecule has 0 saturated heterocycles. The van der Waals surface area contributed by atoms with E-state index in [1.165, 1.54) is 25.7 Å². The molecule has 0 aromatic heterocycles. The largest absolute Gasteiger partial charge is 0.384 e. The third-order valence-electron chi connectivity index (χ3n) is 3.34. The molecule has 0 aromatic rings. The highest BCUT2D eigenvalue weighted by Gasteiger charge is 2.59. The van der Waals surface area contributed by atoms with Crippen molar-refractivity contribution in [2.24, 2.45) is 16.6 Å². The average molecular weight is 155 g/mol. The van der Waals surface area contributed by atoms with Crippen LogP contribution in [0.5, 0.6) is 0 Å². The molecular formula is C9H17NO. The normalized spacial score (nSPS) is 30.0. The van der Waals surface area contributed by atoms with Gasteiger partial charge in [-0.2, -0.15) is 0 Å². The number of ether oxygens (including phenoxy) is 1. The van der Waals surface area contributed by atoms with Gasteiger partial charge in [0.05, 0.1) is 6.61 Å². The van der Waals surface area contributed by atoms with Crippen LogP contribution in [0.1, 0.15) is 25.7 Å². The summed E-state index contributed by atoms with van der Waals surface area (Å²) in [6.07, 6.45) is 5.53. The lowest BCUT2D eigenvalue weighted by molar-refractivity contribution is -0.0289. The van der Waals surface area contributed by atoms with Gasteiger partial charge in [-0.1, -0.05) is 0 Å². The molecular weight excluding hydrogens is 138 g/mol. The molecule has 0 unspecified atom stereocenters. The van der Waals surface area contributed by atoms with Gasteiger partial charge in [0.2, 0.25) is 0 Å². The molecule has 0 heterocycles. The van der Waals surface area contributed by atoms with Crippen LogP contribution in [0.25, 0.3) is 0 Å². The van der Waals surface area contributed by atoms with Gasteiger partial charge in [0.15, 0.2) is 0 Å². The topological polar surface area (TPSA) is 35.2 Å². The first-order valence-corrected chi connectivity index (χ1v) is 4.43. The van der Waals surface area contributed by atoms with Crippen molar-refractivity contribution in [1.82, 2.24) is 0 Å². The molecule has 0 aromatic carbocycles. The van der Waals surface area contributed by atoms with Crippen LogP contribution >= 0.6 is 0 Å². The maximum atomic E-state index is 5.72. The second-order valence-corrected chi connectivity index (χ2v) is 4.49. The Balaban J connectivity index is 1.89. The molecule has 0 atom stereocenters. The third kappa shape index (κ3) is 1.09. The molecule has 2 saturated carbocycles. The van der Waals surface area contributed by atoms with Gasteiger partial charge in [-0.15, -0.1) is 0 Å². The lowest BCUT2D eigenvalue weighted by atomic mass is 9.60. The van der Waals surface area contributed by atoms with Gasteiger partial charge in [0, 0.05) is 19.1 Å². The maximum absolute atomic E-state index is 5.72. The Labute approximate surface area is 68.1 Å². The predicted octanol–water partition coefficient (Wildman–Crippen LogP) is 1.15. The summed E-state index contributed by atoms with van der Waals surface area (Å²) in [7, 11) is 1.77. The van der Waals surface area contributed by atoms with Crippen LogP contribution in [-0.4, -0.2) is 20.3 Å². The van der Waals surface area contributed by atoms with E-state index < -0.39 is 0 Å². The summed E-state index contributed by atoms with van der Waals surface area (Å²) in [6.45, 7) is 1.67. The van der Waals surface area contributed by atoms with Crippen molar-refractivity contribution >= 4 is 0 Å². The van der Waals surface area contributed by atoms with Crippen molar-refractivity contribution in [2.45, 2.75) is 25.7 Å². The second-order valence-electron chi connectivity index (χ2n) is 4.49. The standard InChI is InChI=1S/C9H17NO/c1-11-7-9(6-10)4-8(5-9)2-3-8/h2-7,10H2,1H3. The Bertz CT molecular complexity index is 155. The van der Waals surface area contributed by atoms with Gasteiger partial charge < -0.3 is 10.5 Å². The summed E-state index contributed by atoms with van der Waals surface area (Å²) < 4.78 is 5.18. The Morgan fingerprint density at radius 1 is 1.36 bits per heavy atom. The van der Waals surface area contributed by atoms with E-state index in [1.54, 1.807) is 7.11 Å². The summed E-state index contributed by atoms with van der Waals surface area (Å²) in [5.41, 5.74) is 6.84. The van der Waals surface area contributed by atoms with Crippen LogP contribution in [0, 0.1) is 10.8 Å². The minimum absolute atomic E-state index is 0.366. The smallest absolute Gasteiger partial charge is 0.0531 e. The highest BCUT2D eigenvalue weighted by atomic mass is 16.5. The second kappa shape index (κ2) is 2.20. The molecule has 11 heavy (non-hydrogen) atoms. The number of hydrogen-bond acceptors (Lipinski definition) is 2. The number of rotatable bonds is 3. The number of nitrogens with two attached hydrogens (primary N) is 1. The molecule has 1 spiro atoms. The zero-order chi connectivity index (χ0) is 7.95. The third-order valence-corrected chi connectivity index (χ3v) is 3.34. The monoisotopic (exact) mass is 155 g/mol. The molecule has 2 heteroatoms. The van der Waals surface area contributed by atoms with E-state index in [9.17, 15) is 0 Å². The average Bonchev–Trinajstić information content (AvgIpc) is 2.67. The van der Waals surface area contributed by atoms with E-state index in [-0.39, 0.29) is 0 Å². The van der Waals surface area contributed by atoms with E-state index in [2.05, 4.69) is 0 Å². The van der Waals surface area contributed by atoms with Crippen molar-refractivity contribution in [3.63, 3.8) is 0 Å². The van der Waals surface area contributed by atoms with E-state index in [1.807, 2.05) is 0 Å². The maximum Gasteiger partial charge on any atom is 0.0531 e. The predicted molar refractivity (Wildman–Crippen MR) is 44.3 cm³/mol. The molecule has 0 bridgehead atoms. The molecule has 2 aliphatic rings. The van der Waals surface area contributed by atoms with Gasteiger partial charge in [-0.25, -0.2) is 0 Å². The highest BCUT2D eigenvalue weighted by Crippen LogP contribution is 2.68.